The number of nitrogens with zero attached hydrogens (tertiary/aromatic N) is 1. The third-order valence-electron chi connectivity index (χ3n) is 2.68. The molecular weight excluding hydrogens is 252 g/mol. The Balaban J connectivity index is 2.00. The first-order chi connectivity index (χ1) is 9.81. The van der Waals surface area contributed by atoms with Crippen LogP contribution in [-0.2, 0) is 6.54 Å². The van der Waals surface area contributed by atoms with Gasteiger partial charge in [0, 0.05) is 18.8 Å². The third-order valence-corrected chi connectivity index (χ3v) is 2.68. The van der Waals surface area contributed by atoms with Crippen molar-refractivity contribution in [2.75, 3.05) is 13.7 Å². The summed E-state index contributed by atoms with van der Waals surface area (Å²) < 4.78 is 11.3. The van der Waals surface area contributed by atoms with E-state index in [4.69, 9.17) is 9.47 Å². The van der Waals surface area contributed by atoms with E-state index in [0.29, 0.717) is 0 Å². The molecule has 0 fully saturated rings. The van der Waals surface area contributed by atoms with Crippen molar-refractivity contribution in [3.63, 3.8) is 0 Å². The number of ether oxygens (including phenoxy) is 2. The minimum Gasteiger partial charge on any atom is -0.494 e. The lowest BCUT2D eigenvalue weighted by Crippen LogP contribution is -2.06. The van der Waals surface area contributed by atoms with E-state index in [1.165, 1.54) is 0 Å². The molecule has 0 saturated heterocycles. The average molecular weight is 272 g/mol. The zero-order valence-electron chi connectivity index (χ0n) is 11.9. The third kappa shape index (κ3) is 4.24. The molecule has 0 aliphatic carbocycles. The second kappa shape index (κ2) is 7.50. The van der Waals surface area contributed by atoms with Gasteiger partial charge in [0.2, 0.25) is 0 Å². The van der Waals surface area contributed by atoms with Crippen molar-refractivity contribution in [2.45, 2.75) is 19.9 Å². The van der Waals surface area contributed by atoms with Crippen molar-refractivity contribution in [1.82, 2.24) is 10.3 Å². The molecule has 0 atom stereocenters. The predicted octanol–water partition coefficient (Wildman–Crippen LogP) is 3.38. The maximum Gasteiger partial charge on any atom is 0.130 e. The van der Waals surface area contributed by atoms with Gasteiger partial charge in [-0.05, 0) is 43.8 Å². The van der Waals surface area contributed by atoms with Gasteiger partial charge in [-0.1, -0.05) is 6.92 Å². The summed E-state index contributed by atoms with van der Waals surface area (Å²) in [6.07, 6.45) is 2.75. The minimum absolute atomic E-state index is 0.723. The fraction of sp³-hybridized carbons (Fsp3) is 0.312. The standard InChI is InChI=1S/C16H20N2O2/c1-3-10-19-14-4-6-15(7-5-14)20-16-8-9-18-13(11-16)12-17-2/h4-9,11,17H,3,10,12H2,1-2H3. The van der Waals surface area contributed by atoms with E-state index in [1.807, 2.05) is 43.4 Å². The van der Waals surface area contributed by atoms with Crippen LogP contribution in [0.5, 0.6) is 17.2 Å². The van der Waals surface area contributed by atoms with Gasteiger partial charge >= 0.3 is 0 Å². The van der Waals surface area contributed by atoms with E-state index in [2.05, 4.69) is 17.2 Å². The number of hydrogen-bond donors (Lipinski definition) is 1. The number of rotatable bonds is 7. The number of hydrogen-bond acceptors (Lipinski definition) is 4. The Morgan fingerprint density at radius 3 is 2.50 bits per heavy atom. The molecule has 0 amide bonds. The number of aromatic nitrogens is 1. The summed E-state index contributed by atoms with van der Waals surface area (Å²) in [4.78, 5) is 4.26. The highest BCUT2D eigenvalue weighted by atomic mass is 16.5. The van der Waals surface area contributed by atoms with Crippen molar-refractivity contribution < 1.29 is 9.47 Å². The van der Waals surface area contributed by atoms with Gasteiger partial charge in [0.15, 0.2) is 0 Å². The molecule has 0 saturated carbocycles. The Morgan fingerprint density at radius 2 is 1.80 bits per heavy atom. The van der Waals surface area contributed by atoms with Crippen molar-refractivity contribution in [1.29, 1.82) is 0 Å². The molecule has 0 aliphatic heterocycles. The van der Waals surface area contributed by atoms with Gasteiger partial charge in [0.05, 0.1) is 12.3 Å². The van der Waals surface area contributed by atoms with Crippen molar-refractivity contribution in [3.8, 4) is 17.2 Å². The molecule has 4 nitrogen and oxygen atoms in total. The molecule has 1 aromatic heterocycles. The molecule has 1 heterocycles. The smallest absolute Gasteiger partial charge is 0.130 e. The molecule has 0 spiro atoms. The van der Waals surface area contributed by atoms with Gasteiger partial charge in [-0.2, -0.15) is 0 Å². The van der Waals surface area contributed by atoms with Crippen LogP contribution in [0.1, 0.15) is 19.0 Å². The zero-order chi connectivity index (χ0) is 14.2. The lowest BCUT2D eigenvalue weighted by atomic mass is 10.3. The van der Waals surface area contributed by atoms with Crippen LogP contribution >= 0.6 is 0 Å². The normalized spacial score (nSPS) is 10.3. The minimum atomic E-state index is 0.723. The molecular formula is C16H20N2O2. The monoisotopic (exact) mass is 272 g/mol. The van der Waals surface area contributed by atoms with Crippen LogP contribution in [0.15, 0.2) is 42.6 Å². The number of nitrogens with one attached hydrogen (secondary N) is 1. The second-order valence-corrected chi connectivity index (χ2v) is 4.44. The molecule has 0 unspecified atom stereocenters. The molecule has 0 aliphatic rings. The van der Waals surface area contributed by atoms with E-state index in [-0.39, 0.29) is 0 Å². The van der Waals surface area contributed by atoms with Crippen LogP contribution in [0.2, 0.25) is 0 Å². The highest BCUT2D eigenvalue weighted by Gasteiger charge is 2.00. The van der Waals surface area contributed by atoms with Crippen molar-refractivity contribution >= 4 is 0 Å². The second-order valence-electron chi connectivity index (χ2n) is 4.44. The fourth-order valence-corrected chi connectivity index (χ4v) is 1.76. The lowest BCUT2D eigenvalue weighted by molar-refractivity contribution is 0.317. The van der Waals surface area contributed by atoms with E-state index in [1.54, 1.807) is 6.20 Å². The highest BCUT2D eigenvalue weighted by molar-refractivity contribution is 5.35. The van der Waals surface area contributed by atoms with Crippen molar-refractivity contribution in [2.24, 2.45) is 0 Å². The van der Waals surface area contributed by atoms with Gasteiger partial charge in [-0.3, -0.25) is 4.98 Å². The molecule has 0 radical (unpaired) electrons. The molecule has 4 heteroatoms. The van der Waals surface area contributed by atoms with Gasteiger partial charge < -0.3 is 14.8 Å². The largest absolute Gasteiger partial charge is 0.494 e. The van der Waals surface area contributed by atoms with Gasteiger partial charge in [-0.15, -0.1) is 0 Å². The lowest BCUT2D eigenvalue weighted by Gasteiger charge is -2.08. The molecule has 2 aromatic rings. The number of benzene rings is 1. The summed E-state index contributed by atoms with van der Waals surface area (Å²) in [5, 5.41) is 3.07. The van der Waals surface area contributed by atoms with E-state index < -0.39 is 0 Å². The van der Waals surface area contributed by atoms with Gasteiger partial charge in [0.1, 0.15) is 17.2 Å². The molecule has 2 rings (SSSR count). The maximum absolute atomic E-state index is 5.80. The molecule has 1 N–H and O–H groups in total. The molecule has 106 valence electrons. The van der Waals surface area contributed by atoms with E-state index >= 15 is 0 Å². The highest BCUT2D eigenvalue weighted by Crippen LogP contribution is 2.24. The molecule has 0 bridgehead atoms. The molecule has 1 aromatic carbocycles. The molecule has 20 heavy (non-hydrogen) atoms. The van der Waals surface area contributed by atoms with Crippen LogP contribution in [0, 0.1) is 0 Å². The van der Waals surface area contributed by atoms with Gasteiger partial charge in [0.25, 0.3) is 0 Å². The van der Waals surface area contributed by atoms with E-state index in [9.17, 15) is 0 Å². The quantitative estimate of drug-likeness (QED) is 0.839. The SMILES string of the molecule is CCCOc1ccc(Oc2ccnc(CNC)c2)cc1. The Labute approximate surface area is 119 Å². The first-order valence-corrected chi connectivity index (χ1v) is 6.82. The topological polar surface area (TPSA) is 43.4 Å². The van der Waals surface area contributed by atoms with Crippen LogP contribution in [-0.4, -0.2) is 18.6 Å². The summed E-state index contributed by atoms with van der Waals surface area (Å²) in [5.41, 5.74) is 0.952. The fourth-order valence-electron chi connectivity index (χ4n) is 1.76. The summed E-state index contributed by atoms with van der Waals surface area (Å²) in [6.45, 7) is 3.54. The van der Waals surface area contributed by atoms with E-state index in [0.717, 1.165) is 42.5 Å². The van der Waals surface area contributed by atoms with Crippen molar-refractivity contribution in [3.05, 3.63) is 48.3 Å². The van der Waals surface area contributed by atoms with Crippen LogP contribution in [0.4, 0.5) is 0 Å². The van der Waals surface area contributed by atoms with Crippen LogP contribution in [0.3, 0.4) is 0 Å². The summed E-state index contributed by atoms with van der Waals surface area (Å²) in [7, 11) is 1.89. The first-order valence-electron chi connectivity index (χ1n) is 6.82. The summed E-state index contributed by atoms with van der Waals surface area (Å²) in [6, 6.07) is 11.4. The van der Waals surface area contributed by atoms with Gasteiger partial charge in [-0.25, -0.2) is 0 Å². The summed E-state index contributed by atoms with van der Waals surface area (Å²) >= 11 is 0. The Morgan fingerprint density at radius 1 is 1.05 bits per heavy atom. The van der Waals surface area contributed by atoms with Crippen LogP contribution < -0.4 is 14.8 Å². The Hall–Kier alpha value is -2.07. The summed E-state index contributed by atoms with van der Waals surface area (Å²) in [5.74, 6) is 2.44. The zero-order valence-corrected chi connectivity index (χ0v) is 11.9. The Bertz CT molecular complexity index is 526. The first kappa shape index (κ1) is 14.3. The Kier molecular flexibility index (Phi) is 5.38. The average Bonchev–Trinajstić information content (AvgIpc) is 2.47. The van der Waals surface area contributed by atoms with Crippen LogP contribution in [0.25, 0.3) is 0 Å². The number of pyridine rings is 1. The maximum atomic E-state index is 5.80. The predicted molar refractivity (Wildman–Crippen MR) is 79.3 cm³/mol.